The van der Waals surface area contributed by atoms with E-state index < -0.39 is 0 Å². The largest absolute Gasteiger partial charge is 0.377 e. The van der Waals surface area contributed by atoms with Crippen LogP contribution in [0.25, 0.3) is 0 Å². The predicted octanol–water partition coefficient (Wildman–Crippen LogP) is 2.19. The number of halogens is 2. The van der Waals surface area contributed by atoms with Crippen LogP contribution in [-0.2, 0) is 11.8 Å². The van der Waals surface area contributed by atoms with Crippen LogP contribution in [-0.4, -0.2) is 41.2 Å². The van der Waals surface area contributed by atoms with Gasteiger partial charge in [0.25, 0.3) is 5.91 Å². The maximum atomic E-state index is 12.3. The van der Waals surface area contributed by atoms with Gasteiger partial charge >= 0.3 is 0 Å². The summed E-state index contributed by atoms with van der Waals surface area (Å²) in [5, 5.41) is 0.786. The van der Waals surface area contributed by atoms with Crippen molar-refractivity contribution >= 4 is 29.1 Å². The van der Waals surface area contributed by atoms with Crippen molar-refractivity contribution in [1.29, 1.82) is 0 Å². The first-order valence-corrected chi connectivity index (χ1v) is 6.17. The van der Waals surface area contributed by atoms with Crippen LogP contribution >= 0.6 is 23.2 Å². The van der Waals surface area contributed by atoms with Crippen LogP contribution in [0.5, 0.6) is 0 Å². The predicted molar refractivity (Wildman–Crippen MR) is 66.8 cm³/mol. The first-order valence-electron chi connectivity index (χ1n) is 5.41. The van der Waals surface area contributed by atoms with Crippen molar-refractivity contribution in [3.63, 3.8) is 0 Å². The molecule has 6 heteroatoms. The molecular weight excluding hydrogens is 263 g/mol. The van der Waals surface area contributed by atoms with Gasteiger partial charge in [-0.25, -0.2) is 0 Å². The van der Waals surface area contributed by atoms with E-state index >= 15 is 0 Å². The lowest BCUT2D eigenvalue weighted by atomic mass is 10.2. The van der Waals surface area contributed by atoms with E-state index in [2.05, 4.69) is 0 Å². The van der Waals surface area contributed by atoms with Gasteiger partial charge in [0.05, 0.1) is 24.3 Å². The van der Waals surface area contributed by atoms with Crippen LogP contribution in [0.4, 0.5) is 0 Å². The number of nitrogens with zero attached hydrogens (tertiary/aromatic N) is 2. The molecule has 1 fully saturated rings. The van der Waals surface area contributed by atoms with Crippen molar-refractivity contribution in [3.05, 3.63) is 21.9 Å². The zero-order valence-electron chi connectivity index (χ0n) is 9.74. The number of carbonyl (C=O) groups is 1. The van der Waals surface area contributed by atoms with E-state index in [4.69, 9.17) is 27.9 Å². The van der Waals surface area contributed by atoms with Gasteiger partial charge in [-0.2, -0.15) is 0 Å². The lowest BCUT2D eigenvalue weighted by Crippen LogP contribution is -2.47. The van der Waals surface area contributed by atoms with Crippen LogP contribution in [0.1, 0.15) is 17.4 Å². The second kappa shape index (κ2) is 4.88. The van der Waals surface area contributed by atoms with Gasteiger partial charge in [0.1, 0.15) is 10.8 Å². The highest BCUT2D eigenvalue weighted by Gasteiger charge is 2.27. The standard InChI is InChI=1S/C11H14Cl2N2O2/c1-7-6-17-4-3-15(7)11(16)9-5-8(12)10(13)14(9)2/h5,7H,3-4,6H2,1-2H3/t7-/m0/s1. The van der Waals surface area contributed by atoms with E-state index in [1.54, 1.807) is 22.6 Å². The normalized spacial score (nSPS) is 20.7. The highest BCUT2D eigenvalue weighted by atomic mass is 35.5. The molecular formula is C11H14Cl2N2O2. The fraction of sp³-hybridized carbons (Fsp3) is 0.545. The molecule has 0 saturated carbocycles. The molecule has 1 amide bonds. The lowest BCUT2D eigenvalue weighted by Gasteiger charge is -2.33. The SMILES string of the molecule is C[C@H]1COCCN1C(=O)c1cc(Cl)c(Cl)n1C. The number of rotatable bonds is 1. The summed E-state index contributed by atoms with van der Waals surface area (Å²) < 4.78 is 6.91. The summed E-state index contributed by atoms with van der Waals surface area (Å²) in [6, 6.07) is 1.68. The van der Waals surface area contributed by atoms with Crippen LogP contribution in [0.3, 0.4) is 0 Å². The molecule has 2 rings (SSSR count). The molecule has 2 heterocycles. The monoisotopic (exact) mass is 276 g/mol. The van der Waals surface area contributed by atoms with E-state index in [-0.39, 0.29) is 11.9 Å². The molecule has 0 spiro atoms. The Hall–Kier alpha value is -0.710. The summed E-state index contributed by atoms with van der Waals surface area (Å²) >= 11 is 11.9. The Morgan fingerprint density at radius 1 is 1.53 bits per heavy atom. The maximum Gasteiger partial charge on any atom is 0.270 e. The van der Waals surface area contributed by atoms with E-state index in [9.17, 15) is 4.79 Å². The second-order valence-electron chi connectivity index (χ2n) is 4.15. The Labute approximate surface area is 110 Å². The molecule has 17 heavy (non-hydrogen) atoms. The number of morpholine rings is 1. The third kappa shape index (κ3) is 2.30. The van der Waals surface area contributed by atoms with Crippen molar-refractivity contribution in [2.45, 2.75) is 13.0 Å². The quantitative estimate of drug-likeness (QED) is 0.788. The molecule has 1 aliphatic rings. The summed E-state index contributed by atoms with van der Waals surface area (Å²) in [5.41, 5.74) is 0.508. The lowest BCUT2D eigenvalue weighted by molar-refractivity contribution is 0.00308. The van der Waals surface area contributed by atoms with Gasteiger partial charge in [0.15, 0.2) is 0 Å². The number of amides is 1. The summed E-state index contributed by atoms with van der Waals surface area (Å²) in [6.07, 6.45) is 0. The van der Waals surface area contributed by atoms with Crippen LogP contribution < -0.4 is 0 Å². The van der Waals surface area contributed by atoms with Crippen LogP contribution in [0.15, 0.2) is 6.07 Å². The van der Waals surface area contributed by atoms with Gasteiger partial charge in [-0.15, -0.1) is 0 Å². The molecule has 4 nitrogen and oxygen atoms in total. The minimum Gasteiger partial charge on any atom is -0.377 e. The Morgan fingerprint density at radius 3 is 2.76 bits per heavy atom. The average molecular weight is 277 g/mol. The van der Waals surface area contributed by atoms with Crippen molar-refractivity contribution in [2.75, 3.05) is 19.8 Å². The molecule has 0 N–H and O–H groups in total. The zero-order chi connectivity index (χ0) is 12.6. The van der Waals surface area contributed by atoms with E-state index in [0.29, 0.717) is 35.6 Å². The first kappa shape index (κ1) is 12.7. The van der Waals surface area contributed by atoms with Gasteiger partial charge in [-0.3, -0.25) is 4.79 Å². The third-order valence-corrected chi connectivity index (χ3v) is 3.81. The smallest absolute Gasteiger partial charge is 0.270 e. The summed E-state index contributed by atoms with van der Waals surface area (Å²) in [4.78, 5) is 14.1. The minimum atomic E-state index is -0.0582. The van der Waals surface area contributed by atoms with Crippen molar-refractivity contribution < 1.29 is 9.53 Å². The number of hydrogen-bond donors (Lipinski definition) is 0. The number of ether oxygens (including phenoxy) is 1. The Kier molecular flexibility index (Phi) is 3.66. The molecule has 0 aliphatic carbocycles. The minimum absolute atomic E-state index is 0.0582. The number of carbonyl (C=O) groups excluding carboxylic acids is 1. The zero-order valence-corrected chi connectivity index (χ0v) is 11.3. The fourth-order valence-corrected chi connectivity index (χ4v) is 2.30. The topological polar surface area (TPSA) is 34.5 Å². The van der Waals surface area contributed by atoms with Gasteiger partial charge in [-0.05, 0) is 13.0 Å². The van der Waals surface area contributed by atoms with E-state index in [1.165, 1.54) is 0 Å². The molecule has 0 radical (unpaired) electrons. The van der Waals surface area contributed by atoms with Crippen molar-refractivity contribution in [2.24, 2.45) is 7.05 Å². The van der Waals surface area contributed by atoms with Crippen molar-refractivity contribution in [1.82, 2.24) is 9.47 Å². The Balaban J connectivity index is 2.27. The van der Waals surface area contributed by atoms with E-state index in [0.717, 1.165) is 0 Å². The van der Waals surface area contributed by atoms with Gasteiger partial charge in [0.2, 0.25) is 0 Å². The summed E-state index contributed by atoms with van der Waals surface area (Å²) in [5.74, 6) is -0.0582. The van der Waals surface area contributed by atoms with E-state index in [1.807, 2.05) is 6.92 Å². The average Bonchev–Trinajstić information content (AvgIpc) is 2.57. The number of aromatic nitrogens is 1. The fourth-order valence-electron chi connectivity index (χ4n) is 1.92. The summed E-state index contributed by atoms with van der Waals surface area (Å²) in [7, 11) is 1.73. The molecule has 1 aliphatic heterocycles. The first-order chi connectivity index (χ1) is 8.02. The van der Waals surface area contributed by atoms with Gasteiger partial charge < -0.3 is 14.2 Å². The Morgan fingerprint density at radius 2 is 2.24 bits per heavy atom. The van der Waals surface area contributed by atoms with Gasteiger partial charge in [0, 0.05) is 13.6 Å². The highest BCUT2D eigenvalue weighted by molar-refractivity contribution is 6.41. The maximum absolute atomic E-state index is 12.3. The second-order valence-corrected chi connectivity index (χ2v) is 4.92. The van der Waals surface area contributed by atoms with Crippen molar-refractivity contribution in [3.8, 4) is 0 Å². The molecule has 94 valence electrons. The molecule has 1 aromatic heterocycles. The van der Waals surface area contributed by atoms with Crippen LogP contribution in [0, 0.1) is 0 Å². The molecule has 0 bridgehead atoms. The summed E-state index contributed by atoms with van der Waals surface area (Å²) in [6.45, 7) is 3.70. The van der Waals surface area contributed by atoms with Crippen LogP contribution in [0.2, 0.25) is 10.2 Å². The molecule has 1 saturated heterocycles. The Bertz CT molecular complexity index is 445. The molecule has 0 unspecified atom stereocenters. The molecule has 0 aromatic carbocycles. The molecule has 1 atom stereocenters. The number of hydrogen-bond acceptors (Lipinski definition) is 2. The highest BCUT2D eigenvalue weighted by Crippen LogP contribution is 2.26. The van der Waals surface area contributed by atoms with Gasteiger partial charge in [-0.1, -0.05) is 23.2 Å². The third-order valence-electron chi connectivity index (χ3n) is 2.96. The molecule has 1 aromatic rings.